The maximum absolute atomic E-state index is 12.9. The minimum Gasteiger partial charge on any atom is -0.480 e. The molecule has 7 N–H and O–H groups in total. The summed E-state index contributed by atoms with van der Waals surface area (Å²) in [5.74, 6) is -1.70. The van der Waals surface area contributed by atoms with Crippen molar-refractivity contribution in [2.45, 2.75) is 146 Å². The number of carboxylic acids is 1. The van der Waals surface area contributed by atoms with Crippen molar-refractivity contribution in [1.29, 1.82) is 0 Å². The summed E-state index contributed by atoms with van der Waals surface area (Å²) in [6, 6.07) is 2.19. The lowest BCUT2D eigenvalue weighted by Crippen LogP contribution is -2.60. The topological polar surface area (TPSA) is 246 Å². The molecule has 6 rings (SSSR count). The molecular weight excluding hydrogens is 712 g/mol. The second-order valence-corrected chi connectivity index (χ2v) is 16.8. The van der Waals surface area contributed by atoms with Gasteiger partial charge in [0.15, 0.2) is 5.96 Å². The van der Waals surface area contributed by atoms with E-state index in [1.807, 2.05) is 0 Å². The summed E-state index contributed by atoms with van der Waals surface area (Å²) >= 11 is 0. The molecule has 11 atom stereocenters. The molecule has 4 aliphatic carbocycles. The van der Waals surface area contributed by atoms with Gasteiger partial charge in [0.2, 0.25) is 5.91 Å². The number of guanidine groups is 1. The lowest BCUT2D eigenvalue weighted by molar-refractivity contribution is -0.179. The number of aliphatic imine (C=N–C) groups is 1. The number of aliphatic carboxylic acids is 1. The number of amides is 1. The smallest absolute Gasteiger partial charge is 0.335 e. The van der Waals surface area contributed by atoms with Crippen LogP contribution < -0.4 is 22.4 Å². The number of hydrogen-bond acceptors (Lipinski definition) is 11. The largest absolute Gasteiger partial charge is 0.480 e. The summed E-state index contributed by atoms with van der Waals surface area (Å²) in [5.41, 5.74) is 9.80. The molecule has 1 spiro atoms. The van der Waals surface area contributed by atoms with Gasteiger partial charge in [0.25, 0.3) is 0 Å². The molecule has 1 saturated heterocycles. The lowest BCUT2D eigenvalue weighted by Gasteiger charge is -2.61. The fraction of sp³-hybridized carbons (Fsp3) is 0.750. The Morgan fingerprint density at radius 1 is 1.00 bits per heavy atom. The van der Waals surface area contributed by atoms with Crippen LogP contribution in [0.4, 0.5) is 0 Å². The summed E-state index contributed by atoms with van der Waals surface area (Å²) in [6.07, 6.45) is 10.00. The second-order valence-electron chi connectivity index (χ2n) is 16.8. The Hall–Kier alpha value is -3.98. The monoisotopic (exact) mass is 770 g/mol. The summed E-state index contributed by atoms with van der Waals surface area (Å²) < 4.78 is 24.0. The van der Waals surface area contributed by atoms with E-state index in [2.05, 4.69) is 17.2 Å². The molecule has 55 heavy (non-hydrogen) atoms. The molecule has 0 radical (unpaired) electrons. The van der Waals surface area contributed by atoms with Crippen LogP contribution in [-0.2, 0) is 33.4 Å². The number of aliphatic hydroxyl groups excluding tert-OH is 1. The first kappa shape index (κ1) is 40.7. The molecule has 15 nitrogen and oxygen atoms in total. The van der Waals surface area contributed by atoms with Gasteiger partial charge in [-0.15, -0.1) is 0 Å². The molecule has 0 bridgehead atoms. The maximum atomic E-state index is 12.9. The SMILES string of the molecule is CC(=O)O[C@H]1[C@H]2O[C@]23[C@@H]2CC[C@@H]4C[C@@H](OC(=O)CCCCCCC(=O)N[C@@H](CCCN=C(N)N)C(=O)O)CC[C@]4(CO)[C@H]2CC[C@]3(C)[C@H]1c1ccc(=O)oc1. The van der Waals surface area contributed by atoms with E-state index in [4.69, 9.17) is 30.1 Å². The third kappa shape index (κ3) is 8.01. The number of esters is 2. The predicted octanol–water partition coefficient (Wildman–Crippen LogP) is 3.29. The summed E-state index contributed by atoms with van der Waals surface area (Å²) in [6.45, 7) is 3.99. The van der Waals surface area contributed by atoms with Crippen LogP contribution in [0.25, 0.3) is 0 Å². The average Bonchev–Trinajstić information content (AvgIpc) is 3.85. The molecule has 5 fully saturated rings. The molecule has 15 heteroatoms. The Morgan fingerprint density at radius 3 is 2.44 bits per heavy atom. The Morgan fingerprint density at radius 2 is 1.76 bits per heavy atom. The fourth-order valence-corrected chi connectivity index (χ4v) is 11.5. The van der Waals surface area contributed by atoms with E-state index < -0.39 is 29.3 Å². The number of carboxylic acid groups (broad SMARTS) is 1. The number of unbranched alkanes of at least 4 members (excludes halogenated alkanes) is 3. The lowest BCUT2D eigenvalue weighted by atomic mass is 9.43. The van der Waals surface area contributed by atoms with Gasteiger partial charge in [-0.3, -0.25) is 19.4 Å². The van der Waals surface area contributed by atoms with Crippen molar-refractivity contribution >= 4 is 29.8 Å². The van der Waals surface area contributed by atoms with Crippen molar-refractivity contribution in [2.24, 2.45) is 45.0 Å². The van der Waals surface area contributed by atoms with E-state index in [-0.39, 0.29) is 103 Å². The van der Waals surface area contributed by atoms with Gasteiger partial charge in [-0.2, -0.15) is 0 Å². The number of rotatable bonds is 17. The fourth-order valence-electron chi connectivity index (χ4n) is 11.5. The molecule has 304 valence electrons. The van der Waals surface area contributed by atoms with Crippen LogP contribution in [0.1, 0.15) is 122 Å². The van der Waals surface area contributed by atoms with Crippen LogP contribution in [0.15, 0.2) is 32.6 Å². The molecule has 2 heterocycles. The third-order valence-corrected chi connectivity index (χ3v) is 13.9. The van der Waals surface area contributed by atoms with Gasteiger partial charge >= 0.3 is 23.5 Å². The van der Waals surface area contributed by atoms with Gasteiger partial charge < -0.3 is 45.6 Å². The summed E-state index contributed by atoms with van der Waals surface area (Å²) in [4.78, 5) is 64.7. The van der Waals surface area contributed by atoms with E-state index in [1.54, 1.807) is 6.07 Å². The van der Waals surface area contributed by atoms with Gasteiger partial charge in [0.1, 0.15) is 30.0 Å². The number of nitrogens with two attached hydrogens (primary N) is 2. The normalized spacial score (nSPS) is 34.8. The van der Waals surface area contributed by atoms with Crippen LogP contribution in [-0.4, -0.2) is 83.1 Å². The van der Waals surface area contributed by atoms with Crippen molar-refractivity contribution in [3.8, 4) is 0 Å². The number of ether oxygens (including phenoxy) is 3. The van der Waals surface area contributed by atoms with Crippen molar-refractivity contribution in [3.63, 3.8) is 0 Å². The summed E-state index contributed by atoms with van der Waals surface area (Å²) in [7, 11) is 0. The summed E-state index contributed by atoms with van der Waals surface area (Å²) in [5, 5.41) is 23.1. The minimum absolute atomic E-state index is 0.0615. The van der Waals surface area contributed by atoms with Crippen LogP contribution in [0.2, 0.25) is 0 Å². The average molecular weight is 771 g/mol. The first-order valence-corrected chi connectivity index (χ1v) is 20.1. The number of nitrogens with zero attached hydrogens (tertiary/aromatic N) is 1. The van der Waals surface area contributed by atoms with Crippen LogP contribution in [0.5, 0.6) is 0 Å². The van der Waals surface area contributed by atoms with E-state index in [9.17, 15) is 34.2 Å². The number of epoxide rings is 1. The zero-order valence-electron chi connectivity index (χ0n) is 32.0. The molecule has 0 unspecified atom stereocenters. The maximum Gasteiger partial charge on any atom is 0.335 e. The van der Waals surface area contributed by atoms with Gasteiger partial charge in [0.05, 0.1) is 6.26 Å². The highest BCUT2D eigenvalue weighted by molar-refractivity contribution is 5.83. The van der Waals surface area contributed by atoms with E-state index in [0.29, 0.717) is 32.1 Å². The zero-order valence-corrected chi connectivity index (χ0v) is 32.0. The number of carbonyl (C=O) groups excluding carboxylic acids is 3. The van der Waals surface area contributed by atoms with E-state index in [0.717, 1.165) is 50.5 Å². The third-order valence-electron chi connectivity index (χ3n) is 13.9. The molecule has 5 aliphatic rings. The van der Waals surface area contributed by atoms with Gasteiger partial charge in [-0.25, -0.2) is 9.59 Å². The standard InChI is InChI=1S/C40H58N4O11/c1-23(46)53-34-33(24-11-14-31(48)52-21-24)38(2)17-16-27-28(40(38)35(34)55-40)13-12-25-20-26(15-18-39(25,27)22-45)54-32(49)10-6-4-3-5-9-30(47)44-29(36(50)51)8-7-19-43-37(41)42/h11,14,21,25-29,33-35,45H,3-10,12-13,15-20,22H2,1-2H3,(H,44,47)(H,50,51)(H4,41,42,43)/t25-,26+,27+,28-,29+,33+,34-,35-,38-,39-,40-/m1/s1. The van der Waals surface area contributed by atoms with Gasteiger partial charge in [-0.1, -0.05) is 19.8 Å². The predicted molar refractivity (Wildman–Crippen MR) is 198 cm³/mol. The number of hydrogen-bond donors (Lipinski definition) is 5. The van der Waals surface area contributed by atoms with E-state index >= 15 is 0 Å². The number of nitrogens with one attached hydrogen (secondary N) is 1. The molecular formula is C40H58N4O11. The molecule has 4 saturated carbocycles. The van der Waals surface area contributed by atoms with Crippen LogP contribution in [0.3, 0.4) is 0 Å². The van der Waals surface area contributed by atoms with E-state index in [1.165, 1.54) is 19.3 Å². The van der Waals surface area contributed by atoms with Gasteiger partial charge in [0, 0.05) is 50.3 Å². The molecule has 1 aromatic heterocycles. The first-order valence-electron chi connectivity index (χ1n) is 20.1. The molecule has 0 aromatic carbocycles. The van der Waals surface area contributed by atoms with Gasteiger partial charge in [-0.05, 0) is 105 Å². The number of carbonyl (C=O) groups is 4. The Balaban J connectivity index is 0.972. The Labute approximate surface area is 321 Å². The molecule has 1 aromatic rings. The highest BCUT2D eigenvalue weighted by Gasteiger charge is 2.85. The van der Waals surface area contributed by atoms with Crippen molar-refractivity contribution in [2.75, 3.05) is 13.2 Å². The quantitative estimate of drug-likeness (QED) is 0.0503. The zero-order chi connectivity index (χ0) is 39.5. The Bertz CT molecular complexity index is 1660. The minimum atomic E-state index is -1.10. The number of aliphatic hydroxyl groups is 1. The Kier molecular flexibility index (Phi) is 12.3. The second kappa shape index (κ2) is 16.6. The molecule has 1 aliphatic heterocycles. The first-order chi connectivity index (χ1) is 26.3. The highest BCUT2D eigenvalue weighted by Crippen LogP contribution is 2.78. The highest BCUT2D eigenvalue weighted by atomic mass is 16.7. The van der Waals surface area contributed by atoms with Crippen molar-refractivity contribution < 1.29 is 48.0 Å². The van der Waals surface area contributed by atoms with Crippen LogP contribution >= 0.6 is 0 Å². The van der Waals surface area contributed by atoms with Crippen molar-refractivity contribution in [1.82, 2.24) is 5.32 Å². The van der Waals surface area contributed by atoms with Crippen LogP contribution in [0, 0.1) is 28.6 Å². The van der Waals surface area contributed by atoms with Crippen molar-refractivity contribution in [3.05, 3.63) is 34.4 Å². The molecule has 1 amide bonds. The number of fused-ring (bicyclic) bond motifs is 3.